The van der Waals surface area contributed by atoms with E-state index < -0.39 is 0 Å². The second-order valence-electron chi connectivity index (χ2n) is 12.1. The lowest BCUT2D eigenvalue weighted by Gasteiger charge is -2.44. The third kappa shape index (κ3) is 3.60. The van der Waals surface area contributed by atoms with E-state index in [0.29, 0.717) is 0 Å². The van der Waals surface area contributed by atoms with Gasteiger partial charge in [-0.3, -0.25) is 0 Å². The van der Waals surface area contributed by atoms with Crippen molar-refractivity contribution >= 4 is 43.2 Å². The molecule has 0 saturated heterocycles. The van der Waals surface area contributed by atoms with Crippen molar-refractivity contribution < 1.29 is 0 Å². The second-order valence-corrected chi connectivity index (χ2v) is 14.0. The van der Waals surface area contributed by atoms with E-state index >= 15 is 0 Å². The van der Waals surface area contributed by atoms with Gasteiger partial charge in [0.2, 0.25) is 0 Å². The van der Waals surface area contributed by atoms with Gasteiger partial charge in [0.25, 0.3) is 0 Å². The molecule has 2 unspecified atom stereocenters. The van der Waals surface area contributed by atoms with Gasteiger partial charge in [0.05, 0.1) is 22.9 Å². The fourth-order valence-electron chi connectivity index (χ4n) is 7.35. The van der Waals surface area contributed by atoms with Gasteiger partial charge in [-0.05, 0) is 89.2 Å². The number of fused-ring (bicyclic) bond motifs is 4. The largest absolute Gasteiger partial charge is 0.363 e. The van der Waals surface area contributed by atoms with E-state index in [4.69, 9.17) is 0 Å². The summed E-state index contributed by atoms with van der Waals surface area (Å²) in [6.07, 6.45) is 4.96. The van der Waals surface area contributed by atoms with Gasteiger partial charge in [0.1, 0.15) is 0 Å². The SMILES string of the molecule is Cc1c(C)n2c3c(cc(-c4ccccc4)cc13)S1=C3C2=CC(c2ccccc2)=CC3N(C)c2ccc(-c3ccccc3)cc21. The van der Waals surface area contributed by atoms with E-state index in [-0.39, 0.29) is 16.5 Å². The Labute approximate surface area is 261 Å². The van der Waals surface area contributed by atoms with Crippen molar-refractivity contribution in [3.63, 3.8) is 0 Å². The number of likely N-dealkylation sites (N-methyl/N-ethyl adjacent to an activating group) is 1. The third-order valence-corrected chi connectivity index (χ3v) is 12.1. The summed E-state index contributed by atoms with van der Waals surface area (Å²) < 4.78 is 2.58. The zero-order valence-corrected chi connectivity index (χ0v) is 25.9. The molecule has 212 valence electrons. The van der Waals surface area contributed by atoms with E-state index in [1.54, 1.807) is 0 Å². The average Bonchev–Trinajstić information content (AvgIpc) is 3.34. The van der Waals surface area contributed by atoms with Crippen molar-refractivity contribution in [2.75, 3.05) is 11.9 Å². The number of hydrogen-bond acceptors (Lipinski definition) is 1. The first kappa shape index (κ1) is 25.6. The summed E-state index contributed by atoms with van der Waals surface area (Å²) in [5.74, 6) is 0. The van der Waals surface area contributed by atoms with Crippen molar-refractivity contribution in [1.82, 2.24) is 4.57 Å². The first-order valence-corrected chi connectivity index (χ1v) is 16.5. The molecule has 0 bridgehead atoms. The Morgan fingerprint density at radius 2 is 1.23 bits per heavy atom. The molecule has 1 aliphatic carbocycles. The van der Waals surface area contributed by atoms with Gasteiger partial charge in [-0.2, -0.15) is 0 Å². The Balaban J connectivity index is 1.40. The number of allylic oxidation sites excluding steroid dienone is 2. The number of anilines is 1. The van der Waals surface area contributed by atoms with Gasteiger partial charge >= 0.3 is 0 Å². The predicted molar refractivity (Wildman–Crippen MR) is 189 cm³/mol. The molecule has 2 nitrogen and oxygen atoms in total. The van der Waals surface area contributed by atoms with Crippen LogP contribution in [0.4, 0.5) is 5.69 Å². The van der Waals surface area contributed by atoms with E-state index in [1.807, 2.05) is 0 Å². The minimum Gasteiger partial charge on any atom is -0.363 e. The molecule has 2 atom stereocenters. The van der Waals surface area contributed by atoms with Crippen LogP contribution < -0.4 is 4.90 Å². The Hall–Kier alpha value is -4.86. The molecule has 0 spiro atoms. The van der Waals surface area contributed by atoms with Gasteiger partial charge in [-0.25, -0.2) is 0 Å². The maximum absolute atomic E-state index is 2.58. The number of aromatic nitrogens is 1. The summed E-state index contributed by atoms with van der Waals surface area (Å²) in [6, 6.07) is 44.8. The Bertz CT molecular complexity index is 2240. The summed E-state index contributed by atoms with van der Waals surface area (Å²) in [7, 11) is 2.03. The Morgan fingerprint density at radius 3 is 1.91 bits per heavy atom. The highest BCUT2D eigenvalue weighted by molar-refractivity contribution is 8.17. The van der Waals surface area contributed by atoms with Gasteiger partial charge in [0.15, 0.2) is 0 Å². The molecule has 1 aromatic heterocycles. The maximum atomic E-state index is 2.58. The monoisotopic (exact) mass is 584 g/mol. The van der Waals surface area contributed by atoms with Crippen LogP contribution in [0.5, 0.6) is 0 Å². The zero-order chi connectivity index (χ0) is 29.5. The van der Waals surface area contributed by atoms with Gasteiger partial charge in [0, 0.05) is 32.8 Å². The normalized spacial score (nSPS) is 18.1. The number of aryl methyl sites for hydroxylation is 1. The lowest BCUT2D eigenvalue weighted by Crippen LogP contribution is -2.43. The minimum absolute atomic E-state index is 0.161. The summed E-state index contributed by atoms with van der Waals surface area (Å²) >= 11 is 0. The molecule has 0 saturated carbocycles. The lowest BCUT2D eigenvalue weighted by molar-refractivity contribution is 0.909. The van der Waals surface area contributed by atoms with Crippen LogP contribution in [0.25, 0.3) is 44.4 Å². The molecule has 3 heterocycles. The first-order valence-electron chi connectivity index (χ1n) is 15.3. The van der Waals surface area contributed by atoms with Gasteiger partial charge in [-0.15, -0.1) is 10.5 Å². The highest BCUT2D eigenvalue weighted by Gasteiger charge is 2.40. The van der Waals surface area contributed by atoms with Crippen LogP contribution in [0.15, 0.2) is 143 Å². The zero-order valence-electron chi connectivity index (χ0n) is 25.1. The summed E-state index contributed by atoms with van der Waals surface area (Å²) in [4.78, 5) is 6.86. The molecule has 0 radical (unpaired) electrons. The van der Waals surface area contributed by atoms with Gasteiger partial charge < -0.3 is 9.47 Å². The highest BCUT2D eigenvalue weighted by Crippen LogP contribution is 2.57. The molecule has 2 aliphatic heterocycles. The first-order chi connectivity index (χ1) is 21.6. The molecule has 0 N–H and O–H groups in total. The second kappa shape index (κ2) is 9.57. The molecule has 3 heteroatoms. The molecule has 5 aromatic carbocycles. The minimum atomic E-state index is -0.248. The van der Waals surface area contributed by atoms with Crippen LogP contribution in [-0.2, 0) is 0 Å². The van der Waals surface area contributed by atoms with Crippen LogP contribution in [-0.4, -0.2) is 22.5 Å². The highest BCUT2D eigenvalue weighted by atomic mass is 32.2. The van der Waals surface area contributed by atoms with Crippen LogP contribution in [0.3, 0.4) is 0 Å². The molecular formula is C41H32N2S. The van der Waals surface area contributed by atoms with Crippen molar-refractivity contribution in [3.05, 3.63) is 150 Å². The van der Waals surface area contributed by atoms with Gasteiger partial charge in [-0.1, -0.05) is 97.1 Å². The van der Waals surface area contributed by atoms with Crippen LogP contribution in [0.2, 0.25) is 0 Å². The molecule has 0 fully saturated rings. The van der Waals surface area contributed by atoms with Crippen molar-refractivity contribution in [2.45, 2.75) is 29.7 Å². The number of nitrogens with zero attached hydrogens (tertiary/aromatic N) is 2. The topological polar surface area (TPSA) is 8.17 Å². The summed E-state index contributed by atoms with van der Waals surface area (Å²) in [5, 5.41) is 1.36. The van der Waals surface area contributed by atoms with Crippen molar-refractivity contribution in [2.24, 2.45) is 0 Å². The molecule has 6 aromatic rings. The molecule has 44 heavy (non-hydrogen) atoms. The fraction of sp³-hybridized carbons (Fsp3) is 0.0976. The molecular weight excluding hydrogens is 553 g/mol. The van der Waals surface area contributed by atoms with E-state index in [2.05, 4.69) is 164 Å². The number of rotatable bonds is 3. The van der Waals surface area contributed by atoms with Crippen LogP contribution in [0.1, 0.15) is 16.8 Å². The Morgan fingerprint density at radius 1 is 0.614 bits per heavy atom. The molecule has 9 rings (SSSR count). The maximum Gasteiger partial charge on any atom is 0.0811 e. The molecule has 0 amide bonds. The third-order valence-electron chi connectivity index (χ3n) is 9.71. The van der Waals surface area contributed by atoms with E-state index in [0.717, 1.165) is 0 Å². The number of benzene rings is 5. The summed E-state index contributed by atoms with van der Waals surface area (Å²) in [6.45, 7) is 4.60. The van der Waals surface area contributed by atoms with Crippen LogP contribution >= 0.6 is 10.5 Å². The Kier molecular flexibility index (Phi) is 5.57. The molecule has 3 aliphatic rings. The quantitative estimate of drug-likeness (QED) is 0.188. The summed E-state index contributed by atoms with van der Waals surface area (Å²) in [5.41, 5.74) is 14.4. The van der Waals surface area contributed by atoms with E-state index in [1.165, 1.54) is 81.6 Å². The smallest absolute Gasteiger partial charge is 0.0811 e. The average molecular weight is 585 g/mol. The van der Waals surface area contributed by atoms with Crippen molar-refractivity contribution in [3.8, 4) is 22.3 Å². The lowest BCUT2D eigenvalue weighted by atomic mass is 9.92. The number of hydrogen-bond donors (Lipinski definition) is 0. The standard InChI is InChI=1S/C41H32N2S/c1-26-27(2)43-37-23-33(30-17-11-6-12-18-30)22-36-41(37)44(39-25-32(21-34(26)40(39)43)29-15-9-5-10-16-29)38-24-31(19-20-35(38)42(36)3)28-13-7-4-8-14-28/h4-25,36H,1-3H3. The van der Waals surface area contributed by atoms with Crippen LogP contribution in [0, 0.1) is 13.8 Å². The van der Waals surface area contributed by atoms with Crippen molar-refractivity contribution in [1.29, 1.82) is 0 Å². The van der Waals surface area contributed by atoms with E-state index in [9.17, 15) is 0 Å². The fourth-order valence-corrected chi connectivity index (χ4v) is 10.2. The predicted octanol–water partition coefficient (Wildman–Crippen LogP) is 10.2.